The Morgan fingerprint density at radius 2 is 2.29 bits per heavy atom. The Hall–Kier alpha value is -1.88. The van der Waals surface area contributed by atoms with Crippen LogP contribution in [0.1, 0.15) is 35.5 Å². The van der Waals surface area contributed by atoms with E-state index >= 15 is 0 Å². The van der Waals surface area contributed by atoms with Crippen LogP contribution in [0.5, 0.6) is 0 Å². The van der Waals surface area contributed by atoms with E-state index in [1.165, 1.54) is 20.1 Å². The van der Waals surface area contributed by atoms with Crippen LogP contribution in [0.3, 0.4) is 0 Å². The van der Waals surface area contributed by atoms with Gasteiger partial charge in [0.2, 0.25) is 5.89 Å². The number of nitrogens with zero attached hydrogens (tertiary/aromatic N) is 2. The summed E-state index contributed by atoms with van der Waals surface area (Å²) in [6.07, 6.45) is 3.39. The highest BCUT2D eigenvalue weighted by molar-refractivity contribution is 6.00. The van der Waals surface area contributed by atoms with Crippen LogP contribution >= 0.6 is 0 Å². The number of ether oxygens (including phenoxy) is 1. The highest BCUT2D eigenvalue weighted by Gasteiger charge is 2.45. The summed E-state index contributed by atoms with van der Waals surface area (Å²) in [6.45, 7) is 3.31. The van der Waals surface area contributed by atoms with Gasteiger partial charge in [0.1, 0.15) is 11.1 Å². The fourth-order valence-electron chi connectivity index (χ4n) is 3.72. The molecule has 0 amide bonds. The van der Waals surface area contributed by atoms with Gasteiger partial charge in [0.05, 0.1) is 12.5 Å². The molecule has 2 atom stereocenters. The molecular formula is C16H18N2O3. The fourth-order valence-corrected chi connectivity index (χ4v) is 3.72. The van der Waals surface area contributed by atoms with E-state index in [0.717, 1.165) is 37.3 Å². The number of esters is 1. The van der Waals surface area contributed by atoms with Crippen molar-refractivity contribution in [1.29, 1.82) is 0 Å². The van der Waals surface area contributed by atoms with E-state index in [1.54, 1.807) is 6.07 Å². The van der Waals surface area contributed by atoms with Gasteiger partial charge < -0.3 is 14.1 Å². The molecule has 1 aromatic heterocycles. The maximum atomic E-state index is 11.9. The van der Waals surface area contributed by atoms with Crippen molar-refractivity contribution in [2.75, 3.05) is 26.7 Å². The summed E-state index contributed by atoms with van der Waals surface area (Å²) in [5, 5.41) is 0. The Balaban J connectivity index is 1.82. The zero-order valence-corrected chi connectivity index (χ0v) is 12.1. The Kier molecular flexibility index (Phi) is 2.79. The van der Waals surface area contributed by atoms with Crippen molar-refractivity contribution in [2.24, 2.45) is 0 Å². The average Bonchev–Trinajstić information content (AvgIpc) is 3.08. The van der Waals surface area contributed by atoms with Crippen LogP contribution in [0.25, 0.3) is 11.1 Å². The van der Waals surface area contributed by atoms with E-state index < -0.39 is 0 Å². The second-order valence-electron chi connectivity index (χ2n) is 6.07. The Morgan fingerprint density at radius 1 is 1.38 bits per heavy atom. The molecule has 0 radical (unpaired) electrons. The van der Waals surface area contributed by atoms with Gasteiger partial charge in [-0.2, -0.15) is 0 Å². The number of piperidine rings is 1. The summed E-state index contributed by atoms with van der Waals surface area (Å²) in [7, 11) is 1.38. The van der Waals surface area contributed by atoms with Gasteiger partial charge in [-0.3, -0.25) is 0 Å². The molecule has 2 aliphatic rings. The minimum Gasteiger partial charge on any atom is -0.465 e. The van der Waals surface area contributed by atoms with Gasteiger partial charge in [-0.25, -0.2) is 9.78 Å². The molecule has 1 aromatic carbocycles. The van der Waals surface area contributed by atoms with E-state index in [2.05, 4.69) is 9.88 Å². The highest BCUT2D eigenvalue weighted by Crippen LogP contribution is 2.42. The van der Waals surface area contributed by atoms with E-state index in [9.17, 15) is 4.79 Å². The minimum absolute atomic E-state index is 0.0324. The molecule has 110 valence electrons. The van der Waals surface area contributed by atoms with Crippen molar-refractivity contribution < 1.29 is 13.9 Å². The largest absolute Gasteiger partial charge is 0.465 e. The number of hydrogen-bond acceptors (Lipinski definition) is 5. The lowest BCUT2D eigenvalue weighted by atomic mass is 9.81. The zero-order chi connectivity index (χ0) is 14.4. The van der Waals surface area contributed by atoms with E-state index in [1.807, 2.05) is 12.1 Å². The third-order valence-electron chi connectivity index (χ3n) is 4.84. The second-order valence-corrected chi connectivity index (χ2v) is 6.07. The van der Waals surface area contributed by atoms with Crippen molar-refractivity contribution in [3.05, 3.63) is 29.7 Å². The van der Waals surface area contributed by atoms with Crippen LogP contribution in [0, 0.1) is 0 Å². The number of oxazole rings is 1. The molecule has 2 unspecified atom stereocenters. The highest BCUT2D eigenvalue weighted by atomic mass is 16.5. The predicted molar refractivity (Wildman–Crippen MR) is 77.3 cm³/mol. The van der Waals surface area contributed by atoms with Gasteiger partial charge in [-0.15, -0.1) is 0 Å². The molecule has 21 heavy (non-hydrogen) atoms. The predicted octanol–water partition coefficient (Wildman–Crippen LogP) is 2.35. The molecule has 2 saturated heterocycles. The van der Waals surface area contributed by atoms with E-state index in [-0.39, 0.29) is 11.4 Å². The molecule has 5 nitrogen and oxygen atoms in total. The number of benzene rings is 1. The topological polar surface area (TPSA) is 55.6 Å². The summed E-state index contributed by atoms with van der Waals surface area (Å²) in [5.74, 6) is 0.411. The maximum Gasteiger partial charge on any atom is 0.341 e. The van der Waals surface area contributed by atoms with Gasteiger partial charge in [-0.1, -0.05) is 6.07 Å². The summed E-state index contributed by atoms with van der Waals surface area (Å²) in [6, 6.07) is 5.43. The monoisotopic (exact) mass is 286 g/mol. The third-order valence-corrected chi connectivity index (χ3v) is 4.84. The number of para-hydroxylation sites is 1. The molecule has 2 fully saturated rings. The van der Waals surface area contributed by atoms with Crippen molar-refractivity contribution in [3.63, 3.8) is 0 Å². The maximum absolute atomic E-state index is 11.9. The number of carbonyl (C=O) groups is 1. The Bertz CT molecular complexity index is 705. The van der Waals surface area contributed by atoms with Gasteiger partial charge in [0.25, 0.3) is 0 Å². The molecule has 0 saturated carbocycles. The molecule has 2 aliphatic heterocycles. The van der Waals surface area contributed by atoms with Crippen LogP contribution in [0.15, 0.2) is 22.6 Å². The molecule has 4 rings (SSSR count). The summed E-state index contributed by atoms with van der Waals surface area (Å²) >= 11 is 0. The lowest BCUT2D eigenvalue weighted by Crippen LogP contribution is -2.37. The second kappa shape index (κ2) is 4.56. The molecular weight excluding hydrogens is 268 g/mol. The quantitative estimate of drug-likeness (QED) is 0.793. The molecule has 2 bridgehead atoms. The minimum atomic E-state index is -0.377. The summed E-state index contributed by atoms with van der Waals surface area (Å²) < 4.78 is 10.9. The SMILES string of the molecule is COC(=O)c1cccc2nc(C34CCCN(CC3)C4)oc12. The first-order valence-corrected chi connectivity index (χ1v) is 7.43. The molecule has 0 N–H and O–H groups in total. The molecule has 0 spiro atoms. The number of fused-ring (bicyclic) bond motifs is 3. The van der Waals surface area contributed by atoms with Gasteiger partial charge in [-0.05, 0) is 44.5 Å². The van der Waals surface area contributed by atoms with Gasteiger partial charge in [0.15, 0.2) is 5.58 Å². The molecule has 5 heteroatoms. The Morgan fingerprint density at radius 3 is 3.14 bits per heavy atom. The van der Waals surface area contributed by atoms with Crippen LogP contribution in [-0.2, 0) is 10.2 Å². The standard InChI is InChI=1S/C16H18N2O3/c1-20-14(19)11-4-2-5-12-13(11)21-15(17-12)16-6-3-8-18(10-16)9-7-16/h2,4-5H,3,6-10H2,1H3. The van der Waals surface area contributed by atoms with Crippen molar-refractivity contribution in [2.45, 2.75) is 24.7 Å². The normalized spacial score (nSPS) is 28.0. The number of hydrogen-bond donors (Lipinski definition) is 0. The van der Waals surface area contributed by atoms with Crippen LogP contribution in [-0.4, -0.2) is 42.6 Å². The summed E-state index contributed by atoms with van der Waals surface area (Å²) in [4.78, 5) is 19.0. The van der Waals surface area contributed by atoms with Crippen molar-refractivity contribution >= 4 is 17.1 Å². The Labute approximate surface area is 122 Å². The van der Waals surface area contributed by atoms with Crippen molar-refractivity contribution in [3.8, 4) is 0 Å². The van der Waals surface area contributed by atoms with Gasteiger partial charge >= 0.3 is 5.97 Å². The molecule has 2 aromatic rings. The zero-order valence-electron chi connectivity index (χ0n) is 12.1. The smallest absolute Gasteiger partial charge is 0.341 e. The number of aromatic nitrogens is 1. The first-order chi connectivity index (χ1) is 10.2. The fraction of sp³-hybridized carbons (Fsp3) is 0.500. The van der Waals surface area contributed by atoms with Gasteiger partial charge in [0, 0.05) is 6.54 Å². The first kappa shape index (κ1) is 12.8. The average molecular weight is 286 g/mol. The lowest BCUT2D eigenvalue weighted by Gasteiger charge is -2.30. The summed E-state index contributed by atoms with van der Waals surface area (Å²) in [5.41, 5.74) is 1.78. The first-order valence-electron chi connectivity index (χ1n) is 7.43. The third kappa shape index (κ3) is 1.87. The molecule has 3 heterocycles. The number of methoxy groups -OCH3 is 1. The number of carbonyl (C=O) groups excluding carboxylic acids is 1. The van der Waals surface area contributed by atoms with Crippen LogP contribution in [0.2, 0.25) is 0 Å². The van der Waals surface area contributed by atoms with Crippen LogP contribution in [0.4, 0.5) is 0 Å². The number of rotatable bonds is 2. The van der Waals surface area contributed by atoms with Crippen LogP contribution < -0.4 is 0 Å². The lowest BCUT2D eigenvalue weighted by molar-refractivity contribution is 0.0601. The van der Waals surface area contributed by atoms with E-state index in [4.69, 9.17) is 9.15 Å². The molecule has 0 aliphatic carbocycles. The van der Waals surface area contributed by atoms with Crippen molar-refractivity contribution in [1.82, 2.24) is 9.88 Å². The van der Waals surface area contributed by atoms with E-state index in [0.29, 0.717) is 11.1 Å².